The fourth-order valence-electron chi connectivity index (χ4n) is 3.06. The lowest BCUT2D eigenvalue weighted by Crippen LogP contribution is -2.18. The number of benzene rings is 2. The minimum absolute atomic E-state index is 0.289. The Labute approximate surface area is 126 Å². The largest absolute Gasteiger partial charge is 0.508 e. The molecule has 2 N–H and O–H groups in total. The van der Waals surface area contributed by atoms with Crippen molar-refractivity contribution in [2.24, 2.45) is 0 Å². The Morgan fingerprint density at radius 2 is 1.81 bits per heavy atom. The third-order valence-corrected chi connectivity index (χ3v) is 4.46. The lowest BCUT2D eigenvalue weighted by molar-refractivity contribution is 0.460. The van der Waals surface area contributed by atoms with Crippen molar-refractivity contribution in [1.29, 1.82) is 0 Å². The Morgan fingerprint density at radius 3 is 2.62 bits per heavy atom. The fourth-order valence-corrected chi connectivity index (χ4v) is 3.06. The number of nitrogens with one attached hydrogen (secondary N) is 1. The van der Waals surface area contributed by atoms with E-state index in [-0.39, 0.29) is 6.04 Å². The van der Waals surface area contributed by atoms with E-state index in [0.29, 0.717) is 12.3 Å². The van der Waals surface area contributed by atoms with Gasteiger partial charge in [0.05, 0.1) is 0 Å². The molecule has 21 heavy (non-hydrogen) atoms. The predicted molar refractivity (Wildman–Crippen MR) is 86.4 cm³/mol. The van der Waals surface area contributed by atoms with Crippen LogP contribution in [0.4, 0.5) is 0 Å². The van der Waals surface area contributed by atoms with E-state index < -0.39 is 0 Å². The van der Waals surface area contributed by atoms with Crippen molar-refractivity contribution in [1.82, 2.24) is 5.32 Å². The molecule has 110 valence electrons. The summed E-state index contributed by atoms with van der Waals surface area (Å²) >= 11 is 0. The molecule has 2 aromatic rings. The summed E-state index contributed by atoms with van der Waals surface area (Å²) in [7, 11) is 0. The molecule has 0 saturated carbocycles. The van der Waals surface area contributed by atoms with Gasteiger partial charge >= 0.3 is 0 Å². The number of hydrogen-bond acceptors (Lipinski definition) is 2. The number of aromatic hydroxyl groups is 1. The standard InChI is InChI=1S/C19H23NO/c1-14(20-13-18-8-4-5-9-19(18)21)16-11-10-15-6-2-3-7-17(15)12-16/h4-5,8-12,14,20-21H,2-3,6-7,13H2,1H3. The van der Waals surface area contributed by atoms with Crippen molar-refractivity contribution in [2.75, 3.05) is 0 Å². The number of fused-ring (bicyclic) bond motifs is 1. The van der Waals surface area contributed by atoms with Gasteiger partial charge in [-0.15, -0.1) is 0 Å². The summed E-state index contributed by atoms with van der Waals surface area (Å²) in [6.07, 6.45) is 5.09. The monoisotopic (exact) mass is 281 g/mol. The van der Waals surface area contributed by atoms with Gasteiger partial charge in [0.1, 0.15) is 5.75 Å². The predicted octanol–water partition coefficient (Wildman–Crippen LogP) is 4.12. The molecule has 2 aromatic carbocycles. The highest BCUT2D eigenvalue weighted by molar-refractivity contribution is 5.35. The van der Waals surface area contributed by atoms with Crippen LogP contribution >= 0.6 is 0 Å². The van der Waals surface area contributed by atoms with Gasteiger partial charge in [0.15, 0.2) is 0 Å². The molecule has 1 aliphatic rings. The third kappa shape index (κ3) is 3.27. The molecule has 0 heterocycles. The molecule has 0 fully saturated rings. The van der Waals surface area contributed by atoms with Gasteiger partial charge in [-0.05, 0) is 55.4 Å². The van der Waals surface area contributed by atoms with Crippen molar-refractivity contribution in [3.63, 3.8) is 0 Å². The number of phenolic OH excluding ortho intramolecular Hbond substituents is 1. The quantitative estimate of drug-likeness (QED) is 0.883. The van der Waals surface area contributed by atoms with Gasteiger partial charge in [-0.2, -0.15) is 0 Å². The molecule has 0 radical (unpaired) electrons. The molecule has 2 heteroatoms. The molecular weight excluding hydrogens is 258 g/mol. The number of rotatable bonds is 4. The minimum Gasteiger partial charge on any atom is -0.508 e. The van der Waals surface area contributed by atoms with Gasteiger partial charge in [-0.1, -0.05) is 36.4 Å². The van der Waals surface area contributed by atoms with Crippen molar-refractivity contribution >= 4 is 0 Å². The summed E-state index contributed by atoms with van der Waals surface area (Å²) in [5, 5.41) is 13.3. The maximum absolute atomic E-state index is 9.81. The highest BCUT2D eigenvalue weighted by atomic mass is 16.3. The van der Waals surface area contributed by atoms with Crippen LogP contribution in [0.25, 0.3) is 0 Å². The smallest absolute Gasteiger partial charge is 0.120 e. The van der Waals surface area contributed by atoms with Crippen LogP contribution in [0.5, 0.6) is 5.75 Å². The number of phenols is 1. The SMILES string of the molecule is CC(NCc1ccccc1O)c1ccc2c(c1)CCCC2. The second-order valence-electron chi connectivity index (χ2n) is 5.97. The van der Waals surface area contributed by atoms with Crippen LogP contribution in [0.15, 0.2) is 42.5 Å². The minimum atomic E-state index is 0.289. The Hall–Kier alpha value is -1.80. The van der Waals surface area contributed by atoms with E-state index in [1.807, 2.05) is 18.2 Å². The lowest BCUT2D eigenvalue weighted by Gasteiger charge is -2.20. The Kier molecular flexibility index (Phi) is 4.26. The van der Waals surface area contributed by atoms with E-state index in [0.717, 1.165) is 5.56 Å². The van der Waals surface area contributed by atoms with E-state index in [1.54, 1.807) is 6.07 Å². The average Bonchev–Trinajstić information content (AvgIpc) is 2.53. The first-order chi connectivity index (χ1) is 10.2. The zero-order valence-electron chi connectivity index (χ0n) is 12.6. The summed E-state index contributed by atoms with van der Waals surface area (Å²) in [6.45, 7) is 2.87. The van der Waals surface area contributed by atoms with Crippen LogP contribution in [0, 0.1) is 0 Å². The lowest BCUT2D eigenvalue weighted by atomic mass is 9.89. The second-order valence-corrected chi connectivity index (χ2v) is 5.97. The second kappa shape index (κ2) is 6.31. The first kappa shape index (κ1) is 14.2. The summed E-state index contributed by atoms with van der Waals surface area (Å²) in [5.41, 5.74) is 5.33. The van der Waals surface area contributed by atoms with Gasteiger partial charge in [-0.3, -0.25) is 0 Å². The topological polar surface area (TPSA) is 32.3 Å². The van der Waals surface area contributed by atoms with Crippen LogP contribution in [0.3, 0.4) is 0 Å². The molecule has 0 amide bonds. The summed E-state index contributed by atoms with van der Waals surface area (Å²) in [6, 6.07) is 14.7. The summed E-state index contributed by atoms with van der Waals surface area (Å²) in [5.74, 6) is 0.364. The normalized spacial score (nSPS) is 15.5. The van der Waals surface area contributed by atoms with E-state index in [4.69, 9.17) is 0 Å². The molecule has 0 saturated heterocycles. The van der Waals surface area contributed by atoms with Crippen molar-refractivity contribution in [3.05, 3.63) is 64.7 Å². The van der Waals surface area contributed by atoms with Crippen molar-refractivity contribution in [2.45, 2.75) is 45.2 Å². The highest BCUT2D eigenvalue weighted by Gasteiger charge is 2.12. The zero-order valence-corrected chi connectivity index (χ0v) is 12.6. The molecule has 0 bridgehead atoms. The van der Waals surface area contributed by atoms with E-state index >= 15 is 0 Å². The van der Waals surface area contributed by atoms with Gasteiger partial charge in [0.25, 0.3) is 0 Å². The Balaban J connectivity index is 1.68. The van der Waals surface area contributed by atoms with Crippen LogP contribution in [0.2, 0.25) is 0 Å². The first-order valence-electron chi connectivity index (χ1n) is 7.86. The summed E-state index contributed by atoms with van der Waals surface area (Å²) < 4.78 is 0. The molecule has 1 unspecified atom stereocenters. The van der Waals surface area contributed by atoms with Crippen molar-refractivity contribution in [3.8, 4) is 5.75 Å². The van der Waals surface area contributed by atoms with Crippen LogP contribution in [-0.4, -0.2) is 5.11 Å². The van der Waals surface area contributed by atoms with E-state index in [2.05, 4.69) is 30.4 Å². The maximum atomic E-state index is 9.81. The van der Waals surface area contributed by atoms with Crippen LogP contribution in [-0.2, 0) is 19.4 Å². The molecule has 1 aliphatic carbocycles. The van der Waals surface area contributed by atoms with E-state index in [9.17, 15) is 5.11 Å². The van der Waals surface area contributed by atoms with Gasteiger partial charge in [0, 0.05) is 18.2 Å². The van der Waals surface area contributed by atoms with Gasteiger partial charge < -0.3 is 10.4 Å². The number of para-hydroxylation sites is 1. The number of hydrogen-bond donors (Lipinski definition) is 2. The zero-order chi connectivity index (χ0) is 14.7. The van der Waals surface area contributed by atoms with Crippen molar-refractivity contribution < 1.29 is 5.11 Å². The average molecular weight is 281 g/mol. The molecule has 2 nitrogen and oxygen atoms in total. The molecule has 0 aliphatic heterocycles. The maximum Gasteiger partial charge on any atom is 0.120 e. The van der Waals surface area contributed by atoms with Crippen LogP contribution in [0.1, 0.15) is 48.1 Å². The fraction of sp³-hybridized carbons (Fsp3) is 0.368. The molecular formula is C19H23NO. The van der Waals surface area contributed by atoms with E-state index in [1.165, 1.54) is 42.4 Å². The molecule has 1 atom stereocenters. The number of aryl methyl sites for hydroxylation is 2. The Bertz CT molecular complexity index is 621. The van der Waals surface area contributed by atoms with Gasteiger partial charge in [0.2, 0.25) is 0 Å². The first-order valence-corrected chi connectivity index (χ1v) is 7.86. The van der Waals surface area contributed by atoms with Crippen LogP contribution < -0.4 is 5.32 Å². The summed E-state index contributed by atoms with van der Waals surface area (Å²) in [4.78, 5) is 0. The Morgan fingerprint density at radius 1 is 1.05 bits per heavy atom. The third-order valence-electron chi connectivity index (χ3n) is 4.46. The molecule has 3 rings (SSSR count). The molecule has 0 aromatic heterocycles. The molecule has 0 spiro atoms. The van der Waals surface area contributed by atoms with Gasteiger partial charge in [-0.25, -0.2) is 0 Å². The highest BCUT2D eigenvalue weighted by Crippen LogP contribution is 2.25.